The van der Waals surface area contributed by atoms with E-state index in [1.54, 1.807) is 0 Å². The largest absolute Gasteiger partial charge is 0.261 e. The molecule has 0 atom stereocenters. The number of rotatable bonds is 6. The first-order valence-corrected chi connectivity index (χ1v) is 14.8. The lowest BCUT2D eigenvalue weighted by Crippen LogP contribution is -1.91. The molecule has 2 aromatic heterocycles. The Morgan fingerprint density at radius 2 is 0.667 bits per heavy atom. The van der Waals surface area contributed by atoms with Crippen LogP contribution in [-0.4, -0.2) is 9.97 Å². The normalized spacial score (nSPS) is 11.3. The molecule has 2 nitrogen and oxygen atoms in total. The molecule has 0 amide bonds. The monoisotopic (exact) mass is 540 g/mol. The van der Waals surface area contributed by atoms with Crippen LogP contribution >= 0.6 is 0 Å². The van der Waals surface area contributed by atoms with Crippen molar-refractivity contribution in [2.75, 3.05) is 0 Å². The highest BCUT2D eigenvalue weighted by molar-refractivity contribution is 6.21. The van der Waals surface area contributed by atoms with E-state index in [2.05, 4.69) is 145 Å². The molecule has 2 heterocycles. The van der Waals surface area contributed by atoms with Gasteiger partial charge < -0.3 is 0 Å². The summed E-state index contributed by atoms with van der Waals surface area (Å²) in [4.78, 5) is 9.20. The van der Waals surface area contributed by atoms with Crippen LogP contribution in [0.15, 0.2) is 134 Å². The molecule has 0 spiro atoms. The summed E-state index contributed by atoms with van der Waals surface area (Å²) in [5, 5.41) is 5.04. The quantitative estimate of drug-likeness (QED) is 0.196. The Morgan fingerprint density at radius 3 is 0.952 bits per heavy atom. The molecule has 0 radical (unpaired) electrons. The Labute approximate surface area is 247 Å². The van der Waals surface area contributed by atoms with E-state index in [1.807, 2.05) is 12.4 Å². The highest BCUT2D eigenvalue weighted by Gasteiger charge is 2.16. The molecule has 0 saturated carbocycles. The van der Waals surface area contributed by atoms with Gasteiger partial charge in [0.05, 0.1) is 0 Å². The third-order valence-corrected chi connectivity index (χ3v) is 8.32. The van der Waals surface area contributed by atoms with Crippen LogP contribution in [0.25, 0.3) is 66.1 Å². The van der Waals surface area contributed by atoms with Gasteiger partial charge in [0.25, 0.3) is 0 Å². The van der Waals surface area contributed by atoms with E-state index < -0.39 is 0 Å². The number of benzene rings is 5. The lowest BCUT2D eigenvalue weighted by molar-refractivity contribution is 1.04. The molecular weight excluding hydrogens is 508 g/mol. The molecule has 0 N–H and O–H groups in total. The van der Waals surface area contributed by atoms with Gasteiger partial charge in [-0.1, -0.05) is 123 Å². The summed E-state index contributed by atoms with van der Waals surface area (Å²) in [5.41, 5.74) is 11.9. The van der Waals surface area contributed by atoms with Gasteiger partial charge in [-0.25, -0.2) is 0 Å². The molecule has 0 saturated heterocycles. The van der Waals surface area contributed by atoms with Crippen molar-refractivity contribution in [3.63, 3.8) is 0 Å². The fourth-order valence-corrected chi connectivity index (χ4v) is 6.02. The number of nitrogens with zero attached hydrogens (tertiary/aromatic N) is 2. The molecule has 0 aliphatic heterocycles. The SMILES string of the molecule is CCc1ccc(-c2ccc(-c3c4ccccc4c(-c4ccc(-c5ccc(CC)nc5)cc4)c4ccccc34)cc2)cn1. The third-order valence-electron chi connectivity index (χ3n) is 8.32. The fourth-order valence-electron chi connectivity index (χ4n) is 6.02. The van der Waals surface area contributed by atoms with Crippen molar-refractivity contribution >= 4 is 21.5 Å². The summed E-state index contributed by atoms with van der Waals surface area (Å²) in [6.07, 6.45) is 5.86. The second kappa shape index (κ2) is 11.1. The smallest absolute Gasteiger partial charge is 0.0401 e. The summed E-state index contributed by atoms with van der Waals surface area (Å²) < 4.78 is 0. The predicted octanol–water partition coefficient (Wildman–Crippen LogP) is 10.6. The molecule has 0 aliphatic carbocycles. The lowest BCUT2D eigenvalue weighted by Gasteiger charge is -2.18. The van der Waals surface area contributed by atoms with E-state index in [1.165, 1.54) is 54.9 Å². The molecule has 0 fully saturated rings. The molecule has 202 valence electrons. The first kappa shape index (κ1) is 25.9. The molecule has 0 unspecified atom stereocenters. The Kier molecular flexibility index (Phi) is 6.81. The summed E-state index contributed by atoms with van der Waals surface area (Å²) in [5.74, 6) is 0. The molecule has 5 aromatic carbocycles. The zero-order chi connectivity index (χ0) is 28.5. The standard InChI is InChI=1S/C40H32N2/c1-3-33-23-21-31(25-41-33)27-13-17-29(18-14-27)39-35-9-5-7-11-37(35)40(38-12-8-6-10-36(38)39)30-19-15-28(16-20-30)32-22-24-34(4-2)42-26-32/h5-26H,3-4H2,1-2H3. The van der Waals surface area contributed by atoms with Gasteiger partial charge in [-0.15, -0.1) is 0 Å². The summed E-state index contributed by atoms with van der Waals surface area (Å²) in [7, 11) is 0. The summed E-state index contributed by atoms with van der Waals surface area (Å²) >= 11 is 0. The maximum atomic E-state index is 4.60. The minimum absolute atomic E-state index is 0.948. The van der Waals surface area contributed by atoms with Crippen molar-refractivity contribution in [3.05, 3.63) is 145 Å². The van der Waals surface area contributed by atoms with Crippen molar-refractivity contribution < 1.29 is 0 Å². The fraction of sp³-hybridized carbons (Fsp3) is 0.100. The van der Waals surface area contributed by atoms with Crippen molar-refractivity contribution in [1.82, 2.24) is 9.97 Å². The van der Waals surface area contributed by atoms with Crippen LogP contribution in [-0.2, 0) is 12.8 Å². The van der Waals surface area contributed by atoms with E-state index in [-0.39, 0.29) is 0 Å². The molecule has 0 bridgehead atoms. The number of aromatic nitrogens is 2. The minimum Gasteiger partial charge on any atom is -0.261 e. The minimum atomic E-state index is 0.948. The maximum Gasteiger partial charge on any atom is 0.0401 e. The predicted molar refractivity (Wildman–Crippen MR) is 178 cm³/mol. The van der Waals surface area contributed by atoms with Crippen molar-refractivity contribution in [2.45, 2.75) is 26.7 Å². The van der Waals surface area contributed by atoms with Gasteiger partial charge in [-0.2, -0.15) is 0 Å². The highest BCUT2D eigenvalue weighted by atomic mass is 14.7. The molecule has 2 heteroatoms. The van der Waals surface area contributed by atoms with Gasteiger partial charge in [0.1, 0.15) is 0 Å². The Hall–Kier alpha value is -5.08. The summed E-state index contributed by atoms with van der Waals surface area (Å²) in [6, 6.07) is 44.1. The number of hydrogen-bond acceptors (Lipinski definition) is 2. The van der Waals surface area contributed by atoms with Crippen molar-refractivity contribution in [1.29, 1.82) is 0 Å². The highest BCUT2D eigenvalue weighted by Crippen LogP contribution is 2.44. The van der Waals surface area contributed by atoms with Crippen LogP contribution in [0.3, 0.4) is 0 Å². The lowest BCUT2D eigenvalue weighted by atomic mass is 9.85. The van der Waals surface area contributed by atoms with Gasteiger partial charge in [0.15, 0.2) is 0 Å². The Balaban J connectivity index is 1.35. The second-order valence-electron chi connectivity index (χ2n) is 10.8. The second-order valence-corrected chi connectivity index (χ2v) is 10.8. The number of pyridine rings is 2. The van der Waals surface area contributed by atoms with Gasteiger partial charge in [-0.3, -0.25) is 9.97 Å². The maximum absolute atomic E-state index is 4.60. The Morgan fingerprint density at radius 1 is 0.357 bits per heavy atom. The van der Waals surface area contributed by atoms with Crippen molar-refractivity contribution in [3.8, 4) is 44.5 Å². The van der Waals surface area contributed by atoms with Crippen LogP contribution in [0.1, 0.15) is 25.2 Å². The first-order valence-electron chi connectivity index (χ1n) is 14.8. The van der Waals surface area contributed by atoms with E-state index in [0.717, 1.165) is 35.4 Å². The van der Waals surface area contributed by atoms with Gasteiger partial charge in [0.2, 0.25) is 0 Å². The zero-order valence-electron chi connectivity index (χ0n) is 24.0. The molecule has 7 aromatic rings. The molecule has 7 rings (SSSR count). The number of hydrogen-bond donors (Lipinski definition) is 0. The topological polar surface area (TPSA) is 25.8 Å². The number of fused-ring (bicyclic) bond motifs is 2. The van der Waals surface area contributed by atoms with E-state index in [0.29, 0.717) is 0 Å². The first-order chi connectivity index (χ1) is 20.7. The zero-order valence-corrected chi connectivity index (χ0v) is 24.0. The van der Waals surface area contributed by atoms with E-state index >= 15 is 0 Å². The average Bonchev–Trinajstić information content (AvgIpc) is 3.07. The van der Waals surface area contributed by atoms with Crippen LogP contribution in [0.5, 0.6) is 0 Å². The van der Waals surface area contributed by atoms with E-state index in [4.69, 9.17) is 0 Å². The molecule has 42 heavy (non-hydrogen) atoms. The molecule has 0 aliphatic rings. The number of aryl methyl sites for hydroxylation is 2. The third kappa shape index (κ3) is 4.65. The van der Waals surface area contributed by atoms with Crippen LogP contribution < -0.4 is 0 Å². The van der Waals surface area contributed by atoms with Crippen LogP contribution in [0.2, 0.25) is 0 Å². The summed E-state index contributed by atoms with van der Waals surface area (Å²) in [6.45, 7) is 4.27. The van der Waals surface area contributed by atoms with Crippen LogP contribution in [0, 0.1) is 0 Å². The van der Waals surface area contributed by atoms with Gasteiger partial charge in [0, 0.05) is 34.9 Å². The Bertz CT molecular complexity index is 1800. The van der Waals surface area contributed by atoms with Crippen molar-refractivity contribution in [2.24, 2.45) is 0 Å². The average molecular weight is 541 g/mol. The molecular formula is C40H32N2. The van der Waals surface area contributed by atoms with Crippen LogP contribution in [0.4, 0.5) is 0 Å². The van der Waals surface area contributed by atoms with E-state index in [9.17, 15) is 0 Å². The van der Waals surface area contributed by atoms with Gasteiger partial charge >= 0.3 is 0 Å². The van der Waals surface area contributed by atoms with Gasteiger partial charge in [-0.05, 0) is 79.9 Å².